The maximum atomic E-state index is 13.3. The summed E-state index contributed by atoms with van der Waals surface area (Å²) in [6.07, 6.45) is 0. The molecule has 90 valence electrons. The third-order valence-corrected chi connectivity index (χ3v) is 2.23. The molecule has 0 aliphatic carbocycles. The molecule has 1 N–H and O–H groups in total. The van der Waals surface area contributed by atoms with Crippen LogP contribution in [0.15, 0.2) is 18.2 Å². The van der Waals surface area contributed by atoms with Crippen molar-refractivity contribution in [2.75, 3.05) is 33.4 Å². The van der Waals surface area contributed by atoms with Crippen LogP contribution in [0.2, 0.25) is 5.02 Å². The molecule has 0 spiro atoms. The highest BCUT2D eigenvalue weighted by atomic mass is 35.5. The minimum atomic E-state index is -0.513. The molecule has 1 aromatic rings. The van der Waals surface area contributed by atoms with E-state index in [4.69, 9.17) is 21.1 Å². The van der Waals surface area contributed by atoms with Crippen LogP contribution in [0, 0.1) is 5.82 Å². The van der Waals surface area contributed by atoms with Crippen LogP contribution in [-0.4, -0.2) is 33.4 Å². The highest BCUT2D eigenvalue weighted by molar-refractivity contribution is 6.30. The SMILES string of the molecule is COCCNCCOc1cccc(Cl)c1F. The Morgan fingerprint density at radius 2 is 2.06 bits per heavy atom. The zero-order chi connectivity index (χ0) is 11.8. The Balaban J connectivity index is 2.24. The van der Waals surface area contributed by atoms with Crippen molar-refractivity contribution in [3.05, 3.63) is 29.0 Å². The summed E-state index contributed by atoms with van der Waals surface area (Å²) in [7, 11) is 1.64. The van der Waals surface area contributed by atoms with Gasteiger partial charge in [0.2, 0.25) is 0 Å². The molecule has 16 heavy (non-hydrogen) atoms. The van der Waals surface area contributed by atoms with Crippen LogP contribution < -0.4 is 10.1 Å². The summed E-state index contributed by atoms with van der Waals surface area (Å²) in [5, 5.41) is 3.16. The van der Waals surface area contributed by atoms with E-state index >= 15 is 0 Å². The van der Waals surface area contributed by atoms with Gasteiger partial charge in [-0.1, -0.05) is 17.7 Å². The van der Waals surface area contributed by atoms with Gasteiger partial charge in [-0.05, 0) is 12.1 Å². The average Bonchev–Trinajstić information content (AvgIpc) is 2.29. The van der Waals surface area contributed by atoms with E-state index in [-0.39, 0.29) is 10.8 Å². The minimum Gasteiger partial charge on any atom is -0.489 e. The molecular weight excluding hydrogens is 233 g/mol. The molecule has 0 atom stereocenters. The van der Waals surface area contributed by atoms with Gasteiger partial charge in [-0.2, -0.15) is 0 Å². The number of nitrogens with one attached hydrogen (secondary N) is 1. The van der Waals surface area contributed by atoms with Crippen LogP contribution in [0.25, 0.3) is 0 Å². The van der Waals surface area contributed by atoms with Gasteiger partial charge in [0.1, 0.15) is 6.61 Å². The summed E-state index contributed by atoms with van der Waals surface area (Å²) in [5.41, 5.74) is 0. The first-order valence-corrected chi connectivity index (χ1v) is 5.40. The second kappa shape index (κ2) is 7.44. The highest BCUT2D eigenvalue weighted by Crippen LogP contribution is 2.23. The quantitative estimate of drug-likeness (QED) is 0.749. The van der Waals surface area contributed by atoms with Crippen molar-refractivity contribution in [3.8, 4) is 5.75 Å². The number of halogens is 2. The van der Waals surface area contributed by atoms with Crippen LogP contribution in [0.1, 0.15) is 0 Å². The Kier molecular flexibility index (Phi) is 6.15. The van der Waals surface area contributed by atoms with E-state index in [9.17, 15) is 4.39 Å². The third-order valence-electron chi connectivity index (χ3n) is 1.94. The molecule has 0 unspecified atom stereocenters. The van der Waals surface area contributed by atoms with Crippen molar-refractivity contribution in [1.82, 2.24) is 5.32 Å². The fourth-order valence-corrected chi connectivity index (χ4v) is 1.29. The zero-order valence-electron chi connectivity index (χ0n) is 9.13. The lowest BCUT2D eigenvalue weighted by molar-refractivity contribution is 0.196. The molecule has 0 amide bonds. The van der Waals surface area contributed by atoms with Gasteiger partial charge in [-0.15, -0.1) is 0 Å². The predicted molar refractivity (Wildman–Crippen MR) is 61.7 cm³/mol. The standard InChI is InChI=1S/C11H15ClFNO2/c1-15-7-5-14-6-8-16-10-4-2-3-9(12)11(10)13/h2-4,14H,5-8H2,1H3. The fourth-order valence-electron chi connectivity index (χ4n) is 1.13. The van der Waals surface area contributed by atoms with Crippen LogP contribution in [-0.2, 0) is 4.74 Å². The zero-order valence-corrected chi connectivity index (χ0v) is 9.89. The van der Waals surface area contributed by atoms with E-state index in [1.54, 1.807) is 19.2 Å². The number of ether oxygens (including phenoxy) is 2. The molecule has 3 nitrogen and oxygen atoms in total. The van der Waals surface area contributed by atoms with E-state index < -0.39 is 5.82 Å². The Morgan fingerprint density at radius 3 is 2.81 bits per heavy atom. The number of rotatable bonds is 7. The van der Waals surface area contributed by atoms with Crippen molar-refractivity contribution < 1.29 is 13.9 Å². The molecule has 1 rings (SSSR count). The van der Waals surface area contributed by atoms with Crippen molar-refractivity contribution in [2.24, 2.45) is 0 Å². The topological polar surface area (TPSA) is 30.5 Å². The first-order valence-electron chi connectivity index (χ1n) is 5.02. The van der Waals surface area contributed by atoms with Gasteiger partial charge in [0.15, 0.2) is 11.6 Å². The summed E-state index contributed by atoms with van der Waals surface area (Å²) < 4.78 is 23.4. The van der Waals surface area contributed by atoms with Crippen LogP contribution in [0.4, 0.5) is 4.39 Å². The van der Waals surface area contributed by atoms with Gasteiger partial charge in [-0.3, -0.25) is 0 Å². The van der Waals surface area contributed by atoms with Crippen LogP contribution >= 0.6 is 11.6 Å². The van der Waals surface area contributed by atoms with E-state index in [2.05, 4.69) is 5.32 Å². The molecule has 1 aromatic carbocycles. The van der Waals surface area contributed by atoms with Crippen LogP contribution in [0.5, 0.6) is 5.75 Å². The maximum absolute atomic E-state index is 13.3. The Bertz CT molecular complexity index is 323. The summed E-state index contributed by atoms with van der Waals surface area (Å²) in [6, 6.07) is 4.69. The molecule has 5 heteroatoms. The van der Waals surface area contributed by atoms with E-state index in [0.29, 0.717) is 19.8 Å². The van der Waals surface area contributed by atoms with E-state index in [0.717, 1.165) is 6.54 Å². The van der Waals surface area contributed by atoms with Crippen LogP contribution in [0.3, 0.4) is 0 Å². The second-order valence-corrected chi connectivity index (χ2v) is 3.55. The largest absolute Gasteiger partial charge is 0.489 e. The number of methoxy groups -OCH3 is 1. The number of benzene rings is 1. The van der Waals surface area contributed by atoms with Crippen molar-refractivity contribution in [1.29, 1.82) is 0 Å². The third kappa shape index (κ3) is 4.35. The fraction of sp³-hybridized carbons (Fsp3) is 0.455. The number of hydrogen-bond acceptors (Lipinski definition) is 3. The molecule has 0 aromatic heterocycles. The minimum absolute atomic E-state index is 0.0739. The van der Waals surface area contributed by atoms with Gasteiger partial charge < -0.3 is 14.8 Å². The van der Waals surface area contributed by atoms with Gasteiger partial charge in [0, 0.05) is 20.2 Å². The lowest BCUT2D eigenvalue weighted by atomic mass is 10.3. The lowest BCUT2D eigenvalue weighted by Crippen LogP contribution is -2.24. The van der Waals surface area contributed by atoms with Crippen molar-refractivity contribution >= 4 is 11.6 Å². The molecular formula is C11H15ClFNO2. The van der Waals surface area contributed by atoms with Gasteiger partial charge in [0.05, 0.1) is 11.6 Å². The molecule has 0 bridgehead atoms. The van der Waals surface area contributed by atoms with Crippen molar-refractivity contribution in [3.63, 3.8) is 0 Å². The average molecular weight is 248 g/mol. The summed E-state index contributed by atoms with van der Waals surface area (Å²) >= 11 is 5.61. The predicted octanol–water partition coefficient (Wildman–Crippen LogP) is 2.09. The normalized spacial score (nSPS) is 10.4. The molecule has 0 fully saturated rings. The molecule has 0 aliphatic rings. The van der Waals surface area contributed by atoms with Crippen molar-refractivity contribution in [2.45, 2.75) is 0 Å². The molecule has 0 heterocycles. The molecule has 0 saturated carbocycles. The summed E-state index contributed by atoms with van der Waals surface area (Å²) in [6.45, 7) is 2.42. The molecule has 0 saturated heterocycles. The highest BCUT2D eigenvalue weighted by Gasteiger charge is 2.06. The lowest BCUT2D eigenvalue weighted by Gasteiger charge is -2.08. The second-order valence-electron chi connectivity index (χ2n) is 3.14. The Hall–Kier alpha value is -0.840. The van der Waals surface area contributed by atoms with E-state index in [1.165, 1.54) is 6.07 Å². The molecule has 0 radical (unpaired) electrons. The Labute approximate surface area is 99.5 Å². The monoisotopic (exact) mass is 247 g/mol. The number of hydrogen-bond donors (Lipinski definition) is 1. The first kappa shape index (κ1) is 13.2. The molecule has 0 aliphatic heterocycles. The first-order chi connectivity index (χ1) is 7.75. The maximum Gasteiger partial charge on any atom is 0.183 e. The summed E-state index contributed by atoms with van der Waals surface area (Å²) in [5.74, 6) is -0.331. The Morgan fingerprint density at radius 1 is 1.31 bits per heavy atom. The van der Waals surface area contributed by atoms with Gasteiger partial charge >= 0.3 is 0 Å². The summed E-state index contributed by atoms with van der Waals surface area (Å²) in [4.78, 5) is 0. The van der Waals surface area contributed by atoms with E-state index in [1.807, 2.05) is 0 Å². The van der Waals surface area contributed by atoms with Gasteiger partial charge in [-0.25, -0.2) is 4.39 Å². The smallest absolute Gasteiger partial charge is 0.183 e. The van der Waals surface area contributed by atoms with Gasteiger partial charge in [0.25, 0.3) is 0 Å².